The van der Waals surface area contributed by atoms with Crippen LogP contribution in [-0.2, 0) is 9.59 Å². The van der Waals surface area contributed by atoms with Crippen molar-refractivity contribution in [3.63, 3.8) is 0 Å². The van der Waals surface area contributed by atoms with Gasteiger partial charge in [0.15, 0.2) is 5.78 Å². The third-order valence-electron chi connectivity index (χ3n) is 5.97. The highest BCUT2D eigenvalue weighted by Crippen LogP contribution is 2.33. The molecule has 0 saturated heterocycles. The van der Waals surface area contributed by atoms with E-state index in [2.05, 4.69) is 4.99 Å². The number of aliphatic imine (C=N–C) groups is 1. The van der Waals surface area contributed by atoms with Crippen molar-refractivity contribution in [2.24, 2.45) is 22.6 Å². The number of hydrogen-bond acceptors (Lipinski definition) is 5. The average Bonchev–Trinajstić information content (AvgIpc) is 2.87. The average molecular weight is 436 g/mol. The summed E-state index contributed by atoms with van der Waals surface area (Å²) in [5, 5.41) is 10.8. The molecule has 3 N–H and O–H groups in total. The lowest BCUT2D eigenvalue weighted by molar-refractivity contribution is -0.139. The molecule has 6 heteroatoms. The van der Waals surface area contributed by atoms with E-state index >= 15 is 0 Å². The molecule has 1 aliphatic heterocycles. The molecule has 2 aromatic carbocycles. The second-order valence-corrected chi connectivity index (χ2v) is 8.93. The molecule has 2 aromatic rings. The summed E-state index contributed by atoms with van der Waals surface area (Å²) in [4.78, 5) is 33.6. The van der Waals surface area contributed by atoms with Crippen LogP contribution in [0.3, 0.4) is 0 Å². The molecule has 1 heterocycles. The molecular weight excluding hydrogens is 402 g/mol. The first-order valence-electron chi connectivity index (χ1n) is 11.2. The number of carbonyl (C=O) groups excluding carboxylic acids is 2. The lowest BCUT2D eigenvalue weighted by Crippen LogP contribution is -2.61. The molecular formula is C26H33N3O3. The molecule has 0 aromatic heterocycles. The lowest BCUT2D eigenvalue weighted by Gasteiger charge is -2.32. The number of benzene rings is 2. The summed E-state index contributed by atoms with van der Waals surface area (Å²) in [5.74, 6) is -1.77. The number of carbonyl (C=O) groups is 2. The van der Waals surface area contributed by atoms with Crippen molar-refractivity contribution in [1.29, 1.82) is 0 Å². The molecule has 0 radical (unpaired) electrons. The van der Waals surface area contributed by atoms with Gasteiger partial charge < -0.3 is 10.0 Å². The number of para-hydroxylation sites is 1. The standard InChI is InChI=1S/C26H33N3O3/c1-5-11-22(30)20(16-17(2)3)24(31)26(27)25(32)29(4)21-15-10-9-14-19(21)23(28-26)18-12-7-6-8-13-18/h6-10,12-15,17,20,22,30H,5,11,16,27H2,1-4H3/t20-,22+,26?/m1/s1. The van der Waals surface area contributed by atoms with E-state index in [1.54, 1.807) is 7.05 Å². The second-order valence-electron chi connectivity index (χ2n) is 8.93. The second kappa shape index (κ2) is 9.76. The summed E-state index contributed by atoms with van der Waals surface area (Å²) in [7, 11) is 1.61. The third kappa shape index (κ3) is 4.52. The number of aliphatic hydroxyl groups excluding tert-OH is 1. The highest BCUT2D eigenvalue weighted by Gasteiger charge is 2.50. The Kier molecular flexibility index (Phi) is 7.26. The Balaban J connectivity index is 2.21. The number of rotatable bonds is 8. The number of amides is 1. The summed E-state index contributed by atoms with van der Waals surface area (Å²) in [6.07, 6.45) is 0.727. The van der Waals surface area contributed by atoms with Crippen molar-refractivity contribution < 1.29 is 14.7 Å². The van der Waals surface area contributed by atoms with Gasteiger partial charge in [-0.3, -0.25) is 15.3 Å². The number of Topliss-reactive ketones (excluding diaryl/α,β-unsaturated/α-hetero) is 1. The van der Waals surface area contributed by atoms with Gasteiger partial charge in [0, 0.05) is 24.1 Å². The van der Waals surface area contributed by atoms with Gasteiger partial charge in [0.1, 0.15) is 0 Å². The van der Waals surface area contributed by atoms with Gasteiger partial charge in [-0.2, -0.15) is 0 Å². The van der Waals surface area contributed by atoms with Crippen LogP contribution in [0, 0.1) is 11.8 Å². The largest absolute Gasteiger partial charge is 0.392 e. The third-order valence-corrected chi connectivity index (χ3v) is 5.97. The molecule has 1 unspecified atom stereocenters. The van der Waals surface area contributed by atoms with Crippen molar-refractivity contribution >= 4 is 23.1 Å². The number of hydrogen-bond donors (Lipinski definition) is 2. The molecule has 3 rings (SSSR count). The van der Waals surface area contributed by atoms with Crippen molar-refractivity contribution in [3.8, 4) is 0 Å². The smallest absolute Gasteiger partial charge is 0.277 e. The number of ketones is 1. The molecule has 1 amide bonds. The molecule has 3 atom stereocenters. The first-order valence-corrected chi connectivity index (χ1v) is 11.2. The number of nitrogens with two attached hydrogens (primary N) is 1. The summed E-state index contributed by atoms with van der Waals surface area (Å²) >= 11 is 0. The first-order chi connectivity index (χ1) is 15.2. The van der Waals surface area contributed by atoms with Gasteiger partial charge in [0.2, 0.25) is 5.66 Å². The Hall–Kier alpha value is -2.83. The van der Waals surface area contributed by atoms with Crippen LogP contribution < -0.4 is 10.6 Å². The maximum Gasteiger partial charge on any atom is 0.277 e. The summed E-state index contributed by atoms with van der Waals surface area (Å²) in [5.41, 5.74) is 7.10. The van der Waals surface area contributed by atoms with E-state index in [1.165, 1.54) is 4.90 Å². The topological polar surface area (TPSA) is 96.0 Å². The van der Waals surface area contributed by atoms with E-state index < -0.39 is 29.4 Å². The Morgan fingerprint density at radius 3 is 2.38 bits per heavy atom. The SMILES string of the molecule is CCC[C@H](O)[C@@H](CC(C)C)C(=O)C1(N)N=C(c2ccccc2)c2ccccc2N(C)C1=O. The van der Waals surface area contributed by atoms with Crippen molar-refractivity contribution in [2.75, 3.05) is 11.9 Å². The Labute approximate surface area is 190 Å². The zero-order valence-corrected chi connectivity index (χ0v) is 19.3. The minimum Gasteiger partial charge on any atom is -0.392 e. The molecule has 170 valence electrons. The molecule has 32 heavy (non-hydrogen) atoms. The summed E-state index contributed by atoms with van der Waals surface area (Å²) in [6, 6.07) is 16.8. The van der Waals surface area contributed by atoms with Gasteiger partial charge in [-0.05, 0) is 24.8 Å². The number of aliphatic hydroxyl groups is 1. The van der Waals surface area contributed by atoms with E-state index in [-0.39, 0.29) is 5.92 Å². The molecule has 6 nitrogen and oxygen atoms in total. The fourth-order valence-electron chi connectivity index (χ4n) is 4.32. The van der Waals surface area contributed by atoms with E-state index in [9.17, 15) is 14.7 Å². The van der Waals surface area contributed by atoms with Gasteiger partial charge in [0.05, 0.1) is 17.5 Å². The first kappa shape index (κ1) is 23.8. The van der Waals surface area contributed by atoms with Gasteiger partial charge in [-0.25, -0.2) is 4.99 Å². The van der Waals surface area contributed by atoms with Crippen LogP contribution >= 0.6 is 0 Å². The summed E-state index contributed by atoms with van der Waals surface area (Å²) in [6.45, 7) is 5.92. The summed E-state index contributed by atoms with van der Waals surface area (Å²) < 4.78 is 0. The molecule has 0 saturated carbocycles. The zero-order valence-electron chi connectivity index (χ0n) is 19.3. The van der Waals surface area contributed by atoms with Crippen LogP contribution in [0.4, 0.5) is 5.69 Å². The maximum absolute atomic E-state index is 13.9. The van der Waals surface area contributed by atoms with E-state index in [0.717, 1.165) is 17.5 Å². The minimum absolute atomic E-state index is 0.146. The Morgan fingerprint density at radius 1 is 1.12 bits per heavy atom. The van der Waals surface area contributed by atoms with Crippen molar-refractivity contribution in [1.82, 2.24) is 0 Å². The van der Waals surface area contributed by atoms with E-state index in [0.29, 0.717) is 24.2 Å². The Morgan fingerprint density at radius 2 is 1.75 bits per heavy atom. The fourth-order valence-corrected chi connectivity index (χ4v) is 4.32. The quantitative estimate of drug-likeness (QED) is 0.620. The lowest BCUT2D eigenvalue weighted by atomic mass is 9.81. The van der Waals surface area contributed by atoms with Crippen LogP contribution in [0.5, 0.6) is 0 Å². The normalized spacial score (nSPS) is 20.4. The number of fused-ring (bicyclic) bond motifs is 1. The van der Waals surface area contributed by atoms with Crippen LogP contribution in [-0.4, -0.2) is 41.3 Å². The molecule has 0 aliphatic carbocycles. The molecule has 1 aliphatic rings. The van der Waals surface area contributed by atoms with E-state index in [4.69, 9.17) is 5.73 Å². The number of anilines is 1. The Bertz CT molecular complexity index is 1000. The molecule has 0 spiro atoms. The number of benzodiazepines with no additional fused rings is 1. The highest BCUT2D eigenvalue weighted by molar-refractivity contribution is 6.26. The zero-order chi connectivity index (χ0) is 23.5. The predicted octanol–water partition coefficient (Wildman–Crippen LogP) is 3.55. The number of nitrogens with zero attached hydrogens (tertiary/aromatic N) is 2. The van der Waals surface area contributed by atoms with E-state index in [1.807, 2.05) is 75.4 Å². The van der Waals surface area contributed by atoms with Crippen LogP contribution in [0.25, 0.3) is 0 Å². The van der Waals surface area contributed by atoms with Gasteiger partial charge in [-0.15, -0.1) is 0 Å². The van der Waals surface area contributed by atoms with Crippen molar-refractivity contribution in [3.05, 3.63) is 65.7 Å². The minimum atomic E-state index is -2.13. The van der Waals surface area contributed by atoms with Crippen LogP contribution in [0.1, 0.15) is 51.2 Å². The highest BCUT2D eigenvalue weighted by atomic mass is 16.3. The van der Waals surface area contributed by atoms with Gasteiger partial charge >= 0.3 is 0 Å². The van der Waals surface area contributed by atoms with Crippen LogP contribution in [0.15, 0.2) is 59.6 Å². The molecule has 0 fully saturated rings. The monoisotopic (exact) mass is 435 g/mol. The van der Waals surface area contributed by atoms with Gasteiger partial charge in [0.25, 0.3) is 5.91 Å². The number of likely N-dealkylation sites (N-methyl/N-ethyl adjacent to an activating group) is 1. The fraction of sp³-hybridized carbons (Fsp3) is 0.423. The van der Waals surface area contributed by atoms with Gasteiger partial charge in [-0.1, -0.05) is 75.7 Å². The van der Waals surface area contributed by atoms with Crippen LogP contribution in [0.2, 0.25) is 0 Å². The molecule has 0 bridgehead atoms. The van der Waals surface area contributed by atoms with Crippen molar-refractivity contribution in [2.45, 2.75) is 51.8 Å². The maximum atomic E-state index is 13.9. The predicted molar refractivity (Wildman–Crippen MR) is 128 cm³/mol.